The zero-order valence-electron chi connectivity index (χ0n) is 14.5. The number of primary sulfonamides is 1. The summed E-state index contributed by atoms with van der Waals surface area (Å²) in [5, 5.41) is 4.98. The van der Waals surface area contributed by atoms with Gasteiger partial charge in [0.15, 0.2) is 0 Å². The molecule has 3 rings (SSSR count). The van der Waals surface area contributed by atoms with Crippen molar-refractivity contribution in [1.29, 1.82) is 0 Å². The van der Waals surface area contributed by atoms with Crippen molar-refractivity contribution >= 4 is 39.0 Å². The van der Waals surface area contributed by atoms with E-state index in [1.807, 2.05) is 19.1 Å². The van der Waals surface area contributed by atoms with Crippen LogP contribution in [-0.4, -0.2) is 31.7 Å². The molecule has 0 atom stereocenters. The van der Waals surface area contributed by atoms with Crippen molar-refractivity contribution in [3.63, 3.8) is 0 Å². The van der Waals surface area contributed by atoms with E-state index in [-0.39, 0.29) is 22.0 Å². The summed E-state index contributed by atoms with van der Waals surface area (Å²) in [6, 6.07) is 13.2. The van der Waals surface area contributed by atoms with Gasteiger partial charge in [0.2, 0.25) is 10.0 Å². The van der Waals surface area contributed by atoms with E-state index in [0.717, 1.165) is 16.0 Å². The third kappa shape index (κ3) is 3.95. The number of imide groups is 1. The van der Waals surface area contributed by atoms with Crippen molar-refractivity contribution in [3.05, 3.63) is 70.3 Å². The number of hydrogen-bond acceptors (Lipinski definition) is 4. The first-order chi connectivity index (χ1) is 12.7. The Kier molecular flexibility index (Phi) is 5.19. The third-order valence-electron chi connectivity index (χ3n) is 4.33. The number of sulfonamides is 1. The highest BCUT2D eigenvalue weighted by Gasteiger charge is 2.37. The number of nitrogens with two attached hydrogens (primary N) is 1. The van der Waals surface area contributed by atoms with Crippen LogP contribution in [0.4, 0.5) is 0 Å². The van der Waals surface area contributed by atoms with Crippen LogP contribution in [0.3, 0.4) is 0 Å². The summed E-state index contributed by atoms with van der Waals surface area (Å²) in [5.41, 5.74) is 2.60. The molecule has 0 aliphatic carbocycles. The molecule has 0 radical (unpaired) electrons. The number of nitrogens with zero attached hydrogens (tertiary/aromatic N) is 1. The van der Waals surface area contributed by atoms with Crippen LogP contribution < -0.4 is 5.14 Å². The summed E-state index contributed by atoms with van der Waals surface area (Å²) in [6.45, 7) is 2.06. The highest BCUT2D eigenvalue weighted by molar-refractivity contribution is 7.89. The average molecular weight is 405 g/mol. The Bertz CT molecular complexity index is 1040. The topological polar surface area (TPSA) is 97.5 Å². The molecule has 2 aromatic carbocycles. The average Bonchev–Trinajstić information content (AvgIpc) is 2.83. The standard InChI is InChI=1S/C19H17ClN2O4S/c1-12-2-6-14(7-3-12)16-17(20)19(24)22(18(16)23)11-10-13-4-8-15(9-5-13)27(21,25)26/h2-9H,10-11H2,1H3,(H2,21,25,26). The van der Waals surface area contributed by atoms with Crippen molar-refractivity contribution in [3.8, 4) is 0 Å². The fraction of sp³-hybridized carbons (Fsp3) is 0.158. The molecule has 1 aliphatic heterocycles. The predicted octanol–water partition coefficient (Wildman–Crippen LogP) is 2.20. The number of halogens is 1. The van der Waals surface area contributed by atoms with Gasteiger partial charge in [-0.2, -0.15) is 0 Å². The number of hydrogen-bond donors (Lipinski definition) is 1. The maximum absolute atomic E-state index is 12.7. The number of carbonyl (C=O) groups excluding carboxylic acids is 2. The fourth-order valence-corrected chi connectivity index (χ4v) is 3.61. The van der Waals surface area contributed by atoms with Crippen LogP contribution >= 0.6 is 11.6 Å². The minimum absolute atomic E-state index is 0.00550. The fourth-order valence-electron chi connectivity index (χ4n) is 2.81. The highest BCUT2D eigenvalue weighted by atomic mass is 35.5. The van der Waals surface area contributed by atoms with E-state index in [0.29, 0.717) is 12.0 Å². The molecule has 27 heavy (non-hydrogen) atoms. The maximum Gasteiger partial charge on any atom is 0.273 e. The Hall–Kier alpha value is -2.48. The molecule has 0 saturated heterocycles. The monoisotopic (exact) mass is 404 g/mol. The zero-order chi connectivity index (χ0) is 19.8. The molecule has 1 aliphatic rings. The quantitative estimate of drug-likeness (QED) is 0.772. The second kappa shape index (κ2) is 7.26. The van der Waals surface area contributed by atoms with Crippen LogP contribution in [0.15, 0.2) is 58.5 Å². The SMILES string of the molecule is Cc1ccc(C2=C(Cl)C(=O)N(CCc3ccc(S(N)(=O)=O)cc3)C2=O)cc1. The summed E-state index contributed by atoms with van der Waals surface area (Å²) in [6.07, 6.45) is 0.369. The van der Waals surface area contributed by atoms with Crippen molar-refractivity contribution in [1.82, 2.24) is 4.90 Å². The van der Waals surface area contributed by atoms with Gasteiger partial charge in [0.05, 0.1) is 10.5 Å². The molecule has 0 unspecified atom stereocenters. The molecule has 2 aromatic rings. The number of aryl methyl sites for hydroxylation is 1. The first-order valence-corrected chi connectivity index (χ1v) is 10.1. The van der Waals surface area contributed by atoms with Crippen molar-refractivity contribution in [2.45, 2.75) is 18.2 Å². The van der Waals surface area contributed by atoms with Crippen LogP contribution in [0.2, 0.25) is 0 Å². The molecule has 0 fully saturated rings. The van der Waals surface area contributed by atoms with Crippen LogP contribution in [0.5, 0.6) is 0 Å². The van der Waals surface area contributed by atoms with Gasteiger partial charge in [0.1, 0.15) is 5.03 Å². The molecule has 0 spiro atoms. The van der Waals surface area contributed by atoms with Crippen LogP contribution in [-0.2, 0) is 26.0 Å². The molecule has 2 N–H and O–H groups in total. The van der Waals surface area contributed by atoms with Gasteiger partial charge in [-0.15, -0.1) is 0 Å². The van der Waals surface area contributed by atoms with Gasteiger partial charge in [-0.05, 0) is 36.6 Å². The Labute approximate surface area is 162 Å². The molecule has 140 valence electrons. The first-order valence-electron chi connectivity index (χ1n) is 8.13. The van der Waals surface area contributed by atoms with Crippen molar-refractivity contribution < 1.29 is 18.0 Å². The van der Waals surface area contributed by atoms with E-state index in [9.17, 15) is 18.0 Å². The molecular formula is C19H17ClN2O4S. The molecular weight excluding hydrogens is 388 g/mol. The second-order valence-electron chi connectivity index (χ2n) is 6.26. The molecule has 8 heteroatoms. The lowest BCUT2D eigenvalue weighted by atomic mass is 10.0. The first kappa shape index (κ1) is 19.3. The Morgan fingerprint density at radius 3 is 2.11 bits per heavy atom. The summed E-state index contributed by atoms with van der Waals surface area (Å²) in [5.74, 6) is -0.964. The molecule has 0 bridgehead atoms. The van der Waals surface area contributed by atoms with E-state index in [1.54, 1.807) is 24.3 Å². The van der Waals surface area contributed by atoms with Gasteiger partial charge >= 0.3 is 0 Å². The lowest BCUT2D eigenvalue weighted by molar-refractivity contribution is -0.136. The number of carbonyl (C=O) groups is 2. The van der Waals surface area contributed by atoms with Gasteiger partial charge in [0.25, 0.3) is 11.8 Å². The molecule has 6 nitrogen and oxygen atoms in total. The molecule has 1 heterocycles. The van der Waals surface area contributed by atoms with Crippen LogP contribution in [0.25, 0.3) is 5.57 Å². The summed E-state index contributed by atoms with van der Waals surface area (Å²) in [7, 11) is -3.76. The largest absolute Gasteiger partial charge is 0.273 e. The van der Waals surface area contributed by atoms with E-state index in [4.69, 9.17) is 16.7 Å². The van der Waals surface area contributed by atoms with Crippen molar-refractivity contribution in [2.24, 2.45) is 5.14 Å². The predicted molar refractivity (Wildman–Crippen MR) is 102 cm³/mol. The Balaban J connectivity index is 1.75. The number of rotatable bonds is 5. The van der Waals surface area contributed by atoms with E-state index in [2.05, 4.69) is 0 Å². The summed E-state index contributed by atoms with van der Waals surface area (Å²) >= 11 is 6.13. The van der Waals surface area contributed by atoms with E-state index in [1.165, 1.54) is 12.1 Å². The minimum Gasteiger partial charge on any atom is -0.273 e. The van der Waals surface area contributed by atoms with E-state index >= 15 is 0 Å². The molecule has 2 amide bonds. The van der Waals surface area contributed by atoms with Crippen molar-refractivity contribution in [2.75, 3.05) is 6.54 Å². The Morgan fingerprint density at radius 2 is 1.56 bits per heavy atom. The van der Waals surface area contributed by atoms with Gasteiger partial charge in [-0.3, -0.25) is 14.5 Å². The smallest absolute Gasteiger partial charge is 0.273 e. The molecule has 0 aromatic heterocycles. The van der Waals surface area contributed by atoms with Gasteiger partial charge in [0, 0.05) is 6.54 Å². The van der Waals surface area contributed by atoms with Gasteiger partial charge in [-0.1, -0.05) is 53.6 Å². The van der Waals surface area contributed by atoms with Gasteiger partial charge in [-0.25, -0.2) is 13.6 Å². The number of amides is 2. The molecule has 0 saturated carbocycles. The highest BCUT2D eigenvalue weighted by Crippen LogP contribution is 2.31. The zero-order valence-corrected chi connectivity index (χ0v) is 16.0. The van der Waals surface area contributed by atoms with Crippen LogP contribution in [0, 0.1) is 6.92 Å². The Morgan fingerprint density at radius 1 is 0.963 bits per heavy atom. The van der Waals surface area contributed by atoms with Gasteiger partial charge < -0.3 is 0 Å². The third-order valence-corrected chi connectivity index (χ3v) is 5.61. The lowest BCUT2D eigenvalue weighted by Crippen LogP contribution is -2.33. The second-order valence-corrected chi connectivity index (χ2v) is 8.20. The normalized spacial score (nSPS) is 15.0. The summed E-state index contributed by atoms with van der Waals surface area (Å²) in [4.78, 5) is 26.2. The number of benzene rings is 2. The lowest BCUT2D eigenvalue weighted by Gasteiger charge is -2.15. The minimum atomic E-state index is -3.76. The maximum atomic E-state index is 12.7. The van der Waals surface area contributed by atoms with E-state index < -0.39 is 21.8 Å². The summed E-state index contributed by atoms with van der Waals surface area (Å²) < 4.78 is 22.6. The van der Waals surface area contributed by atoms with Crippen LogP contribution in [0.1, 0.15) is 16.7 Å².